The van der Waals surface area contributed by atoms with Gasteiger partial charge in [0.05, 0.1) is 15.1 Å². The molecule has 0 aromatic heterocycles. The average molecular weight is 316 g/mol. The van der Waals surface area contributed by atoms with Gasteiger partial charge in [-0.15, -0.1) is 0 Å². The minimum atomic E-state index is -0.235. The van der Waals surface area contributed by atoms with E-state index in [4.69, 9.17) is 39.5 Å². The second-order valence-corrected chi connectivity index (χ2v) is 4.96. The van der Waals surface area contributed by atoms with Crippen molar-refractivity contribution in [2.24, 2.45) is 0 Å². The SMILES string of the molecule is O=C(COc1c(Cl)cccc1Cl)c1ccccc1Cl. The smallest absolute Gasteiger partial charge is 0.201 e. The van der Waals surface area contributed by atoms with Crippen LogP contribution >= 0.6 is 34.8 Å². The normalized spacial score (nSPS) is 10.3. The fourth-order valence-electron chi connectivity index (χ4n) is 1.52. The van der Waals surface area contributed by atoms with Gasteiger partial charge in [-0.1, -0.05) is 53.0 Å². The Labute approximate surface area is 125 Å². The Bertz CT molecular complexity index is 591. The number of carbonyl (C=O) groups is 1. The topological polar surface area (TPSA) is 26.3 Å². The highest BCUT2D eigenvalue weighted by molar-refractivity contribution is 6.37. The molecule has 19 heavy (non-hydrogen) atoms. The van der Waals surface area contributed by atoms with Gasteiger partial charge in [0.15, 0.2) is 12.4 Å². The van der Waals surface area contributed by atoms with Crippen LogP contribution in [0.5, 0.6) is 5.75 Å². The molecule has 0 radical (unpaired) electrons. The van der Waals surface area contributed by atoms with Crippen molar-refractivity contribution in [3.05, 3.63) is 63.1 Å². The van der Waals surface area contributed by atoms with E-state index < -0.39 is 0 Å². The summed E-state index contributed by atoms with van der Waals surface area (Å²) in [5, 5.41) is 1.11. The summed E-state index contributed by atoms with van der Waals surface area (Å²) in [6.07, 6.45) is 0. The maximum atomic E-state index is 12.0. The highest BCUT2D eigenvalue weighted by Gasteiger charge is 2.13. The molecule has 0 aliphatic carbocycles. The van der Waals surface area contributed by atoms with Crippen LogP contribution < -0.4 is 4.74 Å². The largest absolute Gasteiger partial charge is 0.482 e. The minimum Gasteiger partial charge on any atom is -0.482 e. The van der Waals surface area contributed by atoms with E-state index in [1.165, 1.54) is 0 Å². The van der Waals surface area contributed by atoms with E-state index in [9.17, 15) is 4.79 Å². The van der Waals surface area contributed by atoms with Crippen LogP contribution in [0.3, 0.4) is 0 Å². The molecule has 0 atom stereocenters. The standard InChI is InChI=1S/C14H9Cl3O2/c15-10-5-2-1-4-9(10)13(18)8-19-14-11(16)6-3-7-12(14)17/h1-7H,8H2. The number of halogens is 3. The van der Waals surface area contributed by atoms with Gasteiger partial charge in [0.1, 0.15) is 0 Å². The van der Waals surface area contributed by atoms with Crippen LogP contribution in [0.1, 0.15) is 10.4 Å². The molecule has 0 saturated carbocycles. The third-order valence-electron chi connectivity index (χ3n) is 2.44. The summed E-state index contributed by atoms with van der Waals surface area (Å²) in [5.41, 5.74) is 0.410. The van der Waals surface area contributed by atoms with Crippen molar-refractivity contribution in [3.8, 4) is 5.75 Å². The van der Waals surface area contributed by atoms with E-state index in [0.29, 0.717) is 26.4 Å². The van der Waals surface area contributed by atoms with E-state index in [2.05, 4.69) is 0 Å². The van der Waals surface area contributed by atoms with Gasteiger partial charge < -0.3 is 4.74 Å². The highest BCUT2D eigenvalue weighted by Crippen LogP contribution is 2.32. The number of rotatable bonds is 4. The van der Waals surface area contributed by atoms with E-state index in [1.807, 2.05) is 0 Å². The van der Waals surface area contributed by atoms with Gasteiger partial charge >= 0.3 is 0 Å². The molecule has 2 aromatic rings. The van der Waals surface area contributed by atoms with Crippen molar-refractivity contribution in [1.82, 2.24) is 0 Å². The zero-order chi connectivity index (χ0) is 13.8. The van der Waals surface area contributed by atoms with Crippen LogP contribution in [-0.4, -0.2) is 12.4 Å². The first kappa shape index (κ1) is 14.2. The van der Waals surface area contributed by atoms with Crippen molar-refractivity contribution in [1.29, 1.82) is 0 Å². The second kappa shape index (κ2) is 6.29. The molecule has 0 spiro atoms. The number of hydrogen-bond donors (Lipinski definition) is 0. The number of benzene rings is 2. The number of Topliss-reactive ketones (excluding diaryl/α,β-unsaturated/α-hetero) is 1. The van der Waals surface area contributed by atoms with Gasteiger partial charge in [-0.25, -0.2) is 0 Å². The fourth-order valence-corrected chi connectivity index (χ4v) is 2.27. The molecule has 2 nitrogen and oxygen atoms in total. The second-order valence-electron chi connectivity index (χ2n) is 3.74. The van der Waals surface area contributed by atoms with Crippen LogP contribution in [-0.2, 0) is 0 Å². The molecule has 5 heteroatoms. The van der Waals surface area contributed by atoms with Crippen LogP contribution in [0, 0.1) is 0 Å². The van der Waals surface area contributed by atoms with Crippen LogP contribution in [0.15, 0.2) is 42.5 Å². The molecular formula is C14H9Cl3O2. The zero-order valence-corrected chi connectivity index (χ0v) is 12.0. The van der Waals surface area contributed by atoms with Crippen LogP contribution in [0.4, 0.5) is 0 Å². The Morgan fingerprint density at radius 3 is 2.11 bits per heavy atom. The summed E-state index contributed by atoms with van der Waals surface area (Å²) in [6.45, 7) is -0.173. The zero-order valence-electron chi connectivity index (χ0n) is 9.70. The molecular weight excluding hydrogens is 307 g/mol. The fraction of sp³-hybridized carbons (Fsp3) is 0.0714. The number of ether oxygens (including phenoxy) is 1. The Hall–Kier alpha value is -1.22. The third-order valence-corrected chi connectivity index (χ3v) is 3.37. The summed E-state index contributed by atoms with van der Waals surface area (Å²) >= 11 is 17.8. The molecule has 0 heterocycles. The van der Waals surface area contributed by atoms with Gasteiger partial charge in [-0.3, -0.25) is 4.79 Å². The van der Waals surface area contributed by atoms with Crippen molar-refractivity contribution in [2.75, 3.05) is 6.61 Å². The molecule has 98 valence electrons. The van der Waals surface area contributed by atoms with Crippen molar-refractivity contribution >= 4 is 40.6 Å². The maximum Gasteiger partial charge on any atom is 0.201 e. The first-order valence-electron chi connectivity index (χ1n) is 5.44. The summed E-state index contributed by atoms with van der Waals surface area (Å²) < 4.78 is 5.37. The monoisotopic (exact) mass is 314 g/mol. The number of ketones is 1. The molecule has 2 rings (SSSR count). The lowest BCUT2D eigenvalue weighted by Gasteiger charge is -2.09. The minimum absolute atomic E-state index is 0.173. The molecule has 0 saturated heterocycles. The molecule has 0 amide bonds. The Morgan fingerprint density at radius 1 is 0.895 bits per heavy atom. The molecule has 0 aliphatic rings. The Balaban J connectivity index is 2.11. The van der Waals surface area contributed by atoms with Gasteiger partial charge in [0.25, 0.3) is 0 Å². The summed E-state index contributed by atoms with van der Waals surface area (Å²) in [5.74, 6) is 0.0628. The summed E-state index contributed by atoms with van der Waals surface area (Å²) in [4.78, 5) is 12.0. The van der Waals surface area contributed by atoms with Gasteiger partial charge in [0.2, 0.25) is 5.78 Å². The molecule has 0 fully saturated rings. The first-order chi connectivity index (χ1) is 9.09. The van der Waals surface area contributed by atoms with Crippen molar-refractivity contribution in [2.45, 2.75) is 0 Å². The van der Waals surface area contributed by atoms with Crippen LogP contribution in [0.2, 0.25) is 15.1 Å². The van der Waals surface area contributed by atoms with E-state index >= 15 is 0 Å². The summed E-state index contributed by atoms with van der Waals surface area (Å²) in [6, 6.07) is 11.8. The summed E-state index contributed by atoms with van der Waals surface area (Å²) in [7, 11) is 0. The molecule has 0 N–H and O–H groups in total. The number of hydrogen-bond acceptors (Lipinski definition) is 2. The van der Waals surface area contributed by atoms with Gasteiger partial charge in [0, 0.05) is 5.56 Å². The third kappa shape index (κ3) is 3.41. The van der Waals surface area contributed by atoms with Gasteiger partial charge in [-0.05, 0) is 24.3 Å². The highest BCUT2D eigenvalue weighted by atomic mass is 35.5. The van der Waals surface area contributed by atoms with E-state index in [1.54, 1.807) is 42.5 Å². The molecule has 0 bridgehead atoms. The number of para-hydroxylation sites is 1. The maximum absolute atomic E-state index is 12.0. The lowest BCUT2D eigenvalue weighted by Crippen LogP contribution is -2.12. The average Bonchev–Trinajstić information content (AvgIpc) is 2.38. The predicted molar refractivity (Wildman–Crippen MR) is 77.7 cm³/mol. The lowest BCUT2D eigenvalue weighted by atomic mass is 10.1. The van der Waals surface area contributed by atoms with Gasteiger partial charge in [-0.2, -0.15) is 0 Å². The lowest BCUT2D eigenvalue weighted by molar-refractivity contribution is 0.0922. The van der Waals surface area contributed by atoms with E-state index in [0.717, 1.165) is 0 Å². The predicted octanol–water partition coefficient (Wildman–Crippen LogP) is 4.91. The first-order valence-corrected chi connectivity index (χ1v) is 6.57. The Morgan fingerprint density at radius 2 is 1.47 bits per heavy atom. The molecule has 0 aliphatic heterocycles. The van der Waals surface area contributed by atoms with Crippen molar-refractivity contribution < 1.29 is 9.53 Å². The van der Waals surface area contributed by atoms with E-state index in [-0.39, 0.29) is 12.4 Å². The quantitative estimate of drug-likeness (QED) is 0.749. The Kier molecular flexibility index (Phi) is 4.70. The number of carbonyl (C=O) groups excluding carboxylic acids is 1. The van der Waals surface area contributed by atoms with Crippen LogP contribution in [0.25, 0.3) is 0 Å². The van der Waals surface area contributed by atoms with Crippen molar-refractivity contribution in [3.63, 3.8) is 0 Å². The molecule has 0 unspecified atom stereocenters. The molecule has 2 aromatic carbocycles.